The molecule has 0 amide bonds. The first-order chi connectivity index (χ1) is 10.7. The molecule has 0 saturated heterocycles. The SMILES string of the molecule is CCCCCCCCCCCCc1ccccc1.O=[S-](=O)O.[Na+]. The van der Waals surface area contributed by atoms with Crippen LogP contribution in [0.2, 0.25) is 0 Å². The molecule has 3 nitrogen and oxygen atoms in total. The minimum atomic E-state index is -2.86. The second-order valence-corrected chi connectivity index (χ2v) is 6.07. The van der Waals surface area contributed by atoms with Gasteiger partial charge in [-0.05, 0) is 18.4 Å². The third kappa shape index (κ3) is 22.1. The maximum Gasteiger partial charge on any atom is 1.00 e. The van der Waals surface area contributed by atoms with Crippen molar-refractivity contribution >= 4 is 11.0 Å². The summed E-state index contributed by atoms with van der Waals surface area (Å²) >= 11 is 0. The molecule has 1 aromatic carbocycles. The van der Waals surface area contributed by atoms with Gasteiger partial charge in [-0.15, -0.1) is 0 Å². The van der Waals surface area contributed by atoms with Gasteiger partial charge < -0.3 is 13.0 Å². The number of hydrogen-bond acceptors (Lipinski definition) is 3. The van der Waals surface area contributed by atoms with Gasteiger partial charge in [-0.25, -0.2) is 0 Å². The van der Waals surface area contributed by atoms with E-state index >= 15 is 0 Å². The molecule has 1 rings (SSSR count). The molecule has 0 aliphatic rings. The van der Waals surface area contributed by atoms with Crippen molar-refractivity contribution in [2.45, 2.75) is 77.6 Å². The van der Waals surface area contributed by atoms with Crippen LogP contribution in [0.15, 0.2) is 30.3 Å². The van der Waals surface area contributed by atoms with Gasteiger partial charge in [0.2, 0.25) is 0 Å². The van der Waals surface area contributed by atoms with Crippen LogP contribution in [0.5, 0.6) is 0 Å². The molecule has 0 radical (unpaired) electrons. The monoisotopic (exact) mass is 350 g/mol. The second kappa shape index (κ2) is 20.2. The molecular weight excluding hydrogens is 319 g/mol. The Bertz CT molecular complexity index is 400. The van der Waals surface area contributed by atoms with Crippen LogP contribution in [0.4, 0.5) is 0 Å². The molecule has 0 spiro atoms. The maximum atomic E-state index is 8.56. The van der Waals surface area contributed by atoms with E-state index in [9.17, 15) is 0 Å². The van der Waals surface area contributed by atoms with Gasteiger partial charge in [0.15, 0.2) is 0 Å². The minimum Gasteiger partial charge on any atom is -0.439 e. The van der Waals surface area contributed by atoms with Gasteiger partial charge >= 0.3 is 29.6 Å². The molecule has 23 heavy (non-hydrogen) atoms. The average molecular weight is 351 g/mol. The van der Waals surface area contributed by atoms with E-state index in [2.05, 4.69) is 37.3 Å². The molecular formula is C18H31NaO3S. The largest absolute Gasteiger partial charge is 1.00 e. The quantitative estimate of drug-likeness (QED) is 0.219. The van der Waals surface area contributed by atoms with Crippen molar-refractivity contribution in [1.29, 1.82) is 0 Å². The minimum absolute atomic E-state index is 0. The predicted octanol–water partition coefficient (Wildman–Crippen LogP) is 2.92. The van der Waals surface area contributed by atoms with Gasteiger partial charge in [0.25, 0.3) is 0 Å². The molecule has 0 atom stereocenters. The van der Waals surface area contributed by atoms with Gasteiger partial charge in [0, 0.05) is 11.0 Å². The van der Waals surface area contributed by atoms with E-state index in [0.717, 1.165) is 0 Å². The first-order valence-electron chi connectivity index (χ1n) is 8.49. The molecule has 0 aliphatic carbocycles. The van der Waals surface area contributed by atoms with E-state index in [1.165, 1.54) is 76.2 Å². The zero-order valence-electron chi connectivity index (χ0n) is 14.8. The number of unbranched alkanes of at least 4 members (excludes halogenated alkanes) is 9. The normalized spacial score (nSPS) is 9.87. The smallest absolute Gasteiger partial charge is 0.439 e. The van der Waals surface area contributed by atoms with Crippen LogP contribution in [-0.4, -0.2) is 4.55 Å². The Morgan fingerprint density at radius 2 is 1.17 bits per heavy atom. The summed E-state index contributed by atoms with van der Waals surface area (Å²) in [6, 6.07) is 10.9. The van der Waals surface area contributed by atoms with Crippen LogP contribution in [0.1, 0.15) is 76.7 Å². The van der Waals surface area contributed by atoms with Crippen molar-refractivity contribution in [3.8, 4) is 0 Å². The molecule has 0 saturated carbocycles. The van der Waals surface area contributed by atoms with Gasteiger partial charge in [-0.3, -0.25) is 0 Å². The van der Waals surface area contributed by atoms with E-state index in [4.69, 9.17) is 13.0 Å². The molecule has 128 valence electrons. The van der Waals surface area contributed by atoms with Crippen LogP contribution in [0.3, 0.4) is 0 Å². The zero-order valence-corrected chi connectivity index (χ0v) is 17.7. The topological polar surface area (TPSA) is 54.4 Å². The van der Waals surface area contributed by atoms with Gasteiger partial charge in [0.05, 0.1) is 0 Å². The second-order valence-electron chi connectivity index (χ2n) is 5.63. The Balaban J connectivity index is 0. The standard InChI is InChI=1S/C18H30.Na.HO3S/c1-2-3-4-5-6-7-8-9-10-12-15-18-16-13-11-14-17-18;;1-4(2)3/h11,13-14,16-17H,2-10,12,15H2,1H3;;(H,1,2,3)/q;+1;-1. The average Bonchev–Trinajstić information content (AvgIpc) is 2.50. The fourth-order valence-electron chi connectivity index (χ4n) is 2.46. The Morgan fingerprint density at radius 1 is 0.783 bits per heavy atom. The fraction of sp³-hybridized carbons (Fsp3) is 0.667. The molecule has 1 aromatic rings. The van der Waals surface area contributed by atoms with Gasteiger partial charge in [-0.1, -0.05) is 95.0 Å². The van der Waals surface area contributed by atoms with Crippen LogP contribution in [-0.2, 0) is 25.8 Å². The number of aryl methyl sites for hydroxylation is 1. The third-order valence-electron chi connectivity index (χ3n) is 3.66. The summed E-state index contributed by atoms with van der Waals surface area (Å²) in [4.78, 5) is 0. The molecule has 5 heteroatoms. The first-order valence-corrected chi connectivity index (χ1v) is 9.52. The van der Waals surface area contributed by atoms with Crippen molar-refractivity contribution in [1.82, 2.24) is 0 Å². The molecule has 0 unspecified atom stereocenters. The Hall–Kier alpha value is 0.130. The number of rotatable bonds is 11. The van der Waals surface area contributed by atoms with E-state index in [-0.39, 0.29) is 29.6 Å². The predicted molar refractivity (Wildman–Crippen MR) is 93.4 cm³/mol. The Labute approximate surface area is 166 Å². The van der Waals surface area contributed by atoms with Crippen LogP contribution in [0, 0.1) is 0 Å². The van der Waals surface area contributed by atoms with Crippen LogP contribution >= 0.6 is 0 Å². The Kier molecular flexibility index (Phi) is 22.3. The maximum absolute atomic E-state index is 8.56. The molecule has 0 bridgehead atoms. The third-order valence-corrected chi connectivity index (χ3v) is 3.66. The number of hydrogen-bond donors (Lipinski definition) is 1. The molecule has 0 fully saturated rings. The van der Waals surface area contributed by atoms with E-state index in [0.29, 0.717) is 0 Å². The van der Waals surface area contributed by atoms with E-state index < -0.39 is 11.0 Å². The summed E-state index contributed by atoms with van der Waals surface area (Å²) in [5, 5.41) is 0. The van der Waals surface area contributed by atoms with Crippen molar-refractivity contribution in [3.63, 3.8) is 0 Å². The molecule has 0 aromatic heterocycles. The summed E-state index contributed by atoms with van der Waals surface area (Å²) < 4.78 is 24.1. The van der Waals surface area contributed by atoms with Crippen molar-refractivity contribution in [3.05, 3.63) is 35.9 Å². The Morgan fingerprint density at radius 3 is 1.61 bits per heavy atom. The van der Waals surface area contributed by atoms with E-state index in [1.807, 2.05) is 0 Å². The summed E-state index contributed by atoms with van der Waals surface area (Å²) in [5.74, 6) is 0. The van der Waals surface area contributed by atoms with Crippen LogP contribution < -0.4 is 29.6 Å². The van der Waals surface area contributed by atoms with Gasteiger partial charge in [0.1, 0.15) is 0 Å². The van der Waals surface area contributed by atoms with Gasteiger partial charge in [-0.2, -0.15) is 0 Å². The summed E-state index contributed by atoms with van der Waals surface area (Å²) in [7, 11) is -2.86. The molecule has 0 heterocycles. The van der Waals surface area contributed by atoms with Crippen molar-refractivity contribution in [2.75, 3.05) is 0 Å². The molecule has 1 N–H and O–H groups in total. The van der Waals surface area contributed by atoms with Crippen molar-refractivity contribution < 1.29 is 42.5 Å². The van der Waals surface area contributed by atoms with E-state index in [1.54, 1.807) is 0 Å². The summed E-state index contributed by atoms with van der Waals surface area (Å²) in [6.07, 6.45) is 15.5. The summed E-state index contributed by atoms with van der Waals surface area (Å²) in [6.45, 7) is 2.28. The zero-order chi connectivity index (χ0) is 16.5. The summed E-state index contributed by atoms with van der Waals surface area (Å²) in [5.41, 5.74) is 1.50. The fourth-order valence-corrected chi connectivity index (χ4v) is 2.46. The van der Waals surface area contributed by atoms with Crippen LogP contribution in [0.25, 0.3) is 0 Å². The first kappa shape index (κ1) is 25.4. The number of benzene rings is 1. The van der Waals surface area contributed by atoms with Crippen molar-refractivity contribution in [2.24, 2.45) is 0 Å². The molecule has 0 aliphatic heterocycles.